The highest BCUT2D eigenvalue weighted by molar-refractivity contribution is 5.98. The van der Waals surface area contributed by atoms with Crippen molar-refractivity contribution in [2.45, 2.75) is 20.3 Å². The average Bonchev–Trinajstić information content (AvgIpc) is 2.42. The number of carbonyl (C=O) groups is 1. The molecule has 0 bridgehead atoms. The van der Waals surface area contributed by atoms with Crippen LogP contribution in [0.15, 0.2) is 24.7 Å². The number of nitrogen functional groups attached to an aromatic ring is 1. The van der Waals surface area contributed by atoms with Gasteiger partial charge in [0.1, 0.15) is 0 Å². The summed E-state index contributed by atoms with van der Waals surface area (Å²) < 4.78 is 0. The maximum absolute atomic E-state index is 11.5. The molecule has 4 N–H and O–H groups in total. The second kappa shape index (κ2) is 5.06. The Morgan fingerprint density at radius 2 is 2.11 bits per heavy atom. The van der Waals surface area contributed by atoms with E-state index in [0.717, 1.165) is 23.1 Å². The molecule has 0 saturated carbocycles. The van der Waals surface area contributed by atoms with E-state index in [1.54, 1.807) is 31.6 Å². The average molecular weight is 256 g/mol. The minimum Gasteiger partial charge on any atom is -0.398 e. The predicted octanol–water partition coefficient (Wildman–Crippen LogP) is 1.70. The maximum atomic E-state index is 11.5. The van der Waals surface area contributed by atoms with Gasteiger partial charge in [-0.1, -0.05) is 6.92 Å². The molecule has 19 heavy (non-hydrogen) atoms. The number of aromatic nitrogens is 2. The molecule has 0 spiro atoms. The smallest absolute Gasteiger partial charge is 0.249 e. The lowest BCUT2D eigenvalue weighted by atomic mass is 9.93. The third-order valence-electron chi connectivity index (χ3n) is 3.21. The molecule has 1 amide bonds. The van der Waals surface area contributed by atoms with Gasteiger partial charge < -0.3 is 11.5 Å². The number of hydrogen-bond acceptors (Lipinski definition) is 4. The van der Waals surface area contributed by atoms with Crippen LogP contribution in [0, 0.1) is 6.92 Å². The number of nitrogens with two attached hydrogens (primary N) is 2. The molecule has 0 saturated heterocycles. The van der Waals surface area contributed by atoms with Crippen molar-refractivity contribution in [2.24, 2.45) is 5.73 Å². The fourth-order valence-corrected chi connectivity index (χ4v) is 2.16. The van der Waals surface area contributed by atoms with Crippen molar-refractivity contribution in [2.75, 3.05) is 5.73 Å². The first-order chi connectivity index (χ1) is 9.06. The van der Waals surface area contributed by atoms with E-state index in [0.29, 0.717) is 16.9 Å². The van der Waals surface area contributed by atoms with Crippen LogP contribution in [0.2, 0.25) is 0 Å². The number of primary amides is 1. The van der Waals surface area contributed by atoms with Crippen molar-refractivity contribution >= 4 is 11.6 Å². The molecule has 0 fully saturated rings. The Bertz CT molecular complexity index is 623. The van der Waals surface area contributed by atoms with Gasteiger partial charge in [0.15, 0.2) is 0 Å². The first kappa shape index (κ1) is 13.0. The lowest BCUT2D eigenvalue weighted by Gasteiger charge is -2.15. The first-order valence-electron chi connectivity index (χ1n) is 6.04. The van der Waals surface area contributed by atoms with E-state index in [4.69, 9.17) is 11.5 Å². The van der Waals surface area contributed by atoms with Crippen LogP contribution in [0.5, 0.6) is 0 Å². The summed E-state index contributed by atoms with van der Waals surface area (Å²) >= 11 is 0. The number of anilines is 1. The van der Waals surface area contributed by atoms with Crippen LogP contribution in [0.1, 0.15) is 28.4 Å². The van der Waals surface area contributed by atoms with Crippen molar-refractivity contribution in [3.05, 3.63) is 41.3 Å². The molecule has 0 radical (unpaired) electrons. The zero-order valence-corrected chi connectivity index (χ0v) is 11.0. The highest BCUT2D eigenvalue weighted by atomic mass is 16.1. The maximum Gasteiger partial charge on any atom is 0.249 e. The topological polar surface area (TPSA) is 94.9 Å². The predicted molar refractivity (Wildman–Crippen MR) is 74.5 cm³/mol. The van der Waals surface area contributed by atoms with Crippen LogP contribution in [0.25, 0.3) is 11.3 Å². The van der Waals surface area contributed by atoms with Gasteiger partial charge in [0.2, 0.25) is 5.91 Å². The van der Waals surface area contributed by atoms with Crippen molar-refractivity contribution in [3.8, 4) is 11.3 Å². The molecule has 1 heterocycles. The summed E-state index contributed by atoms with van der Waals surface area (Å²) in [5, 5.41) is 0. The highest BCUT2D eigenvalue weighted by Gasteiger charge is 2.16. The number of benzene rings is 1. The summed E-state index contributed by atoms with van der Waals surface area (Å²) in [6.45, 7) is 3.81. The molecule has 0 atom stereocenters. The van der Waals surface area contributed by atoms with Crippen LogP contribution < -0.4 is 11.5 Å². The molecule has 5 heteroatoms. The van der Waals surface area contributed by atoms with Crippen LogP contribution in [-0.4, -0.2) is 15.9 Å². The van der Waals surface area contributed by atoms with Crippen molar-refractivity contribution in [3.63, 3.8) is 0 Å². The molecule has 2 rings (SSSR count). The van der Waals surface area contributed by atoms with Crippen molar-refractivity contribution in [1.82, 2.24) is 9.97 Å². The Labute approximate surface area is 111 Å². The number of rotatable bonds is 3. The van der Waals surface area contributed by atoms with Gasteiger partial charge in [0.25, 0.3) is 0 Å². The van der Waals surface area contributed by atoms with Crippen LogP contribution in [0.3, 0.4) is 0 Å². The summed E-state index contributed by atoms with van der Waals surface area (Å²) in [6.07, 6.45) is 5.60. The van der Waals surface area contributed by atoms with Gasteiger partial charge >= 0.3 is 0 Å². The van der Waals surface area contributed by atoms with Crippen LogP contribution in [0.4, 0.5) is 5.69 Å². The van der Waals surface area contributed by atoms with E-state index < -0.39 is 5.91 Å². The summed E-state index contributed by atoms with van der Waals surface area (Å²) in [4.78, 5) is 19.8. The molecule has 1 aromatic carbocycles. The molecule has 1 aromatic heterocycles. The molecule has 5 nitrogen and oxygen atoms in total. The Kier molecular flexibility index (Phi) is 3.46. The Morgan fingerprint density at radius 1 is 1.37 bits per heavy atom. The number of carbonyl (C=O) groups excluding carboxylic acids is 1. The molecule has 98 valence electrons. The Morgan fingerprint density at radius 3 is 2.63 bits per heavy atom. The van der Waals surface area contributed by atoms with E-state index in [2.05, 4.69) is 9.97 Å². The largest absolute Gasteiger partial charge is 0.398 e. The third-order valence-corrected chi connectivity index (χ3v) is 3.21. The second-order valence-electron chi connectivity index (χ2n) is 4.30. The summed E-state index contributed by atoms with van der Waals surface area (Å²) in [6, 6.07) is 1.75. The lowest BCUT2D eigenvalue weighted by molar-refractivity contribution is 0.1000. The number of nitrogens with zero attached hydrogens (tertiary/aromatic N) is 2. The molecule has 0 aliphatic rings. The van der Waals surface area contributed by atoms with E-state index >= 15 is 0 Å². The fraction of sp³-hybridized carbons (Fsp3) is 0.214. The van der Waals surface area contributed by atoms with Crippen LogP contribution in [-0.2, 0) is 6.42 Å². The summed E-state index contributed by atoms with van der Waals surface area (Å²) in [7, 11) is 0. The number of hydrogen-bond donors (Lipinski definition) is 2. The van der Waals surface area contributed by atoms with E-state index in [1.165, 1.54) is 0 Å². The Hall–Kier alpha value is -2.43. The molecule has 0 unspecified atom stereocenters. The monoisotopic (exact) mass is 256 g/mol. The molecule has 0 aliphatic heterocycles. The second-order valence-corrected chi connectivity index (χ2v) is 4.30. The van der Waals surface area contributed by atoms with Crippen LogP contribution >= 0.6 is 0 Å². The quantitative estimate of drug-likeness (QED) is 0.817. The Balaban J connectivity index is 2.76. The SMILES string of the molecule is CCc1c(-c2cnccn2)cc(C(N)=O)c(C)c1N. The lowest BCUT2D eigenvalue weighted by Crippen LogP contribution is -2.15. The van der Waals surface area contributed by atoms with E-state index in [-0.39, 0.29) is 0 Å². The van der Waals surface area contributed by atoms with Gasteiger partial charge in [0.05, 0.1) is 11.9 Å². The zero-order valence-electron chi connectivity index (χ0n) is 11.0. The standard InChI is InChI=1S/C14H16N4O/c1-3-9-11(12-7-17-4-5-18-12)6-10(14(16)19)8(2)13(9)15/h4-7H,3,15H2,1-2H3,(H2,16,19). The number of amides is 1. The first-order valence-corrected chi connectivity index (χ1v) is 6.04. The van der Waals surface area contributed by atoms with Crippen molar-refractivity contribution < 1.29 is 4.79 Å². The van der Waals surface area contributed by atoms with Gasteiger partial charge in [0, 0.05) is 29.2 Å². The van der Waals surface area contributed by atoms with Crippen molar-refractivity contribution in [1.29, 1.82) is 0 Å². The van der Waals surface area contributed by atoms with Gasteiger partial charge in [-0.3, -0.25) is 14.8 Å². The summed E-state index contributed by atoms with van der Waals surface area (Å²) in [5.74, 6) is -0.489. The minimum absolute atomic E-state index is 0.426. The zero-order chi connectivity index (χ0) is 14.0. The van der Waals surface area contributed by atoms with Gasteiger partial charge in [-0.25, -0.2) is 0 Å². The summed E-state index contributed by atoms with van der Waals surface area (Å²) in [5.41, 5.74) is 15.7. The third kappa shape index (κ3) is 2.27. The normalized spacial score (nSPS) is 10.4. The van der Waals surface area contributed by atoms with Gasteiger partial charge in [-0.15, -0.1) is 0 Å². The highest BCUT2D eigenvalue weighted by Crippen LogP contribution is 2.31. The van der Waals surface area contributed by atoms with Gasteiger partial charge in [-0.05, 0) is 30.5 Å². The molecular weight excluding hydrogens is 240 g/mol. The molecular formula is C14H16N4O. The van der Waals surface area contributed by atoms with E-state index in [1.807, 2.05) is 6.92 Å². The van der Waals surface area contributed by atoms with E-state index in [9.17, 15) is 4.79 Å². The minimum atomic E-state index is -0.489. The molecule has 2 aromatic rings. The fourth-order valence-electron chi connectivity index (χ4n) is 2.16. The molecule has 0 aliphatic carbocycles. The van der Waals surface area contributed by atoms with Gasteiger partial charge in [-0.2, -0.15) is 0 Å².